The second kappa shape index (κ2) is 9.33. The zero-order chi connectivity index (χ0) is 19.0. The van der Waals surface area contributed by atoms with Gasteiger partial charge in [-0.2, -0.15) is 0 Å². The van der Waals surface area contributed by atoms with Gasteiger partial charge >= 0.3 is 0 Å². The Labute approximate surface area is 155 Å². The number of guanidine groups is 1. The van der Waals surface area contributed by atoms with Gasteiger partial charge < -0.3 is 20.3 Å². The molecule has 2 aromatic rings. The molecule has 1 aromatic heterocycles. The topological polar surface area (TPSA) is 87.4 Å². The lowest BCUT2D eigenvalue weighted by Crippen LogP contribution is -2.44. The third-order valence-electron chi connectivity index (χ3n) is 4.38. The Balaban J connectivity index is 2.04. The fourth-order valence-corrected chi connectivity index (χ4v) is 2.45. The predicted molar refractivity (Wildman–Crippen MR) is 104 cm³/mol. The Hall–Kier alpha value is -2.41. The number of aliphatic imine (C=N–C) groups is 1. The molecule has 0 aliphatic carbocycles. The molecule has 1 atom stereocenters. The minimum Gasteiger partial charge on any atom is -0.384 e. The number of nitrogens with one attached hydrogen (secondary N) is 2. The highest BCUT2D eigenvalue weighted by molar-refractivity contribution is 5.79. The average Bonchev–Trinajstić information content (AvgIpc) is 2.96. The molecule has 142 valence electrons. The van der Waals surface area contributed by atoms with Gasteiger partial charge in [-0.15, -0.1) is 10.2 Å². The van der Waals surface area contributed by atoms with Gasteiger partial charge in [0.2, 0.25) is 0 Å². The number of benzene rings is 1. The van der Waals surface area contributed by atoms with Gasteiger partial charge in [-0.1, -0.05) is 43.7 Å². The largest absolute Gasteiger partial charge is 0.384 e. The van der Waals surface area contributed by atoms with E-state index < -0.39 is 5.60 Å². The molecule has 0 amide bonds. The molecule has 2 rings (SSSR count). The SMILES string of the molecule is CCCCNC(=NCc1nnc(C)n1C)NCC(C)(O)c1ccccc1. The van der Waals surface area contributed by atoms with Gasteiger partial charge in [0.05, 0.1) is 6.54 Å². The second-order valence-corrected chi connectivity index (χ2v) is 6.66. The summed E-state index contributed by atoms with van der Waals surface area (Å²) >= 11 is 0. The highest BCUT2D eigenvalue weighted by atomic mass is 16.3. The number of aromatic nitrogens is 3. The quantitative estimate of drug-likeness (QED) is 0.381. The van der Waals surface area contributed by atoms with E-state index in [4.69, 9.17) is 0 Å². The van der Waals surface area contributed by atoms with Crippen molar-refractivity contribution >= 4 is 5.96 Å². The van der Waals surface area contributed by atoms with Crippen LogP contribution in [0.3, 0.4) is 0 Å². The van der Waals surface area contributed by atoms with Gasteiger partial charge in [0.25, 0.3) is 0 Å². The molecule has 1 heterocycles. The standard InChI is InChI=1S/C19H30N6O/c1-5-6-12-20-18(21-13-17-24-23-15(2)25(17)4)22-14-19(3,26)16-10-8-7-9-11-16/h7-11,26H,5-6,12-14H2,1-4H3,(H2,20,21,22). The van der Waals surface area contributed by atoms with E-state index in [9.17, 15) is 5.11 Å². The molecule has 0 spiro atoms. The minimum atomic E-state index is -0.990. The molecule has 7 heteroatoms. The summed E-state index contributed by atoms with van der Waals surface area (Å²) in [6, 6.07) is 9.63. The van der Waals surface area contributed by atoms with Crippen molar-refractivity contribution in [2.45, 2.75) is 45.8 Å². The van der Waals surface area contributed by atoms with Crippen molar-refractivity contribution < 1.29 is 5.11 Å². The first-order valence-corrected chi connectivity index (χ1v) is 9.09. The number of nitrogens with zero attached hydrogens (tertiary/aromatic N) is 4. The normalized spacial score (nSPS) is 14.1. The zero-order valence-corrected chi connectivity index (χ0v) is 16.2. The highest BCUT2D eigenvalue weighted by Crippen LogP contribution is 2.18. The summed E-state index contributed by atoms with van der Waals surface area (Å²) in [5.74, 6) is 2.32. The third-order valence-corrected chi connectivity index (χ3v) is 4.38. The maximum Gasteiger partial charge on any atom is 0.191 e. The molecule has 3 N–H and O–H groups in total. The van der Waals surface area contributed by atoms with Crippen LogP contribution in [0.25, 0.3) is 0 Å². The summed E-state index contributed by atoms with van der Waals surface area (Å²) in [5.41, 5.74) is -0.125. The minimum absolute atomic E-state index is 0.354. The summed E-state index contributed by atoms with van der Waals surface area (Å²) in [6.07, 6.45) is 2.16. The number of unbranched alkanes of at least 4 members (excludes halogenated alkanes) is 1. The third kappa shape index (κ3) is 5.56. The number of aliphatic hydroxyl groups is 1. The van der Waals surface area contributed by atoms with E-state index in [0.29, 0.717) is 19.0 Å². The van der Waals surface area contributed by atoms with Crippen LogP contribution < -0.4 is 10.6 Å². The summed E-state index contributed by atoms with van der Waals surface area (Å²) in [7, 11) is 1.93. The molecular weight excluding hydrogens is 328 g/mol. The Morgan fingerprint density at radius 2 is 1.96 bits per heavy atom. The highest BCUT2D eigenvalue weighted by Gasteiger charge is 2.23. The van der Waals surface area contributed by atoms with Crippen molar-refractivity contribution in [3.8, 4) is 0 Å². The van der Waals surface area contributed by atoms with Gasteiger partial charge in [-0.25, -0.2) is 4.99 Å². The van der Waals surface area contributed by atoms with E-state index in [1.54, 1.807) is 6.92 Å². The number of aryl methyl sites for hydroxylation is 1. The Bertz CT molecular complexity index is 708. The average molecular weight is 358 g/mol. The van der Waals surface area contributed by atoms with Crippen LogP contribution in [0.2, 0.25) is 0 Å². The molecule has 0 saturated heterocycles. The molecule has 1 aromatic carbocycles. The fraction of sp³-hybridized carbons (Fsp3) is 0.526. The lowest BCUT2D eigenvalue weighted by Gasteiger charge is -2.25. The number of hydrogen-bond acceptors (Lipinski definition) is 4. The first-order chi connectivity index (χ1) is 12.4. The molecule has 26 heavy (non-hydrogen) atoms. The Morgan fingerprint density at radius 3 is 2.58 bits per heavy atom. The smallest absolute Gasteiger partial charge is 0.191 e. The second-order valence-electron chi connectivity index (χ2n) is 6.66. The molecule has 0 radical (unpaired) electrons. The molecule has 1 unspecified atom stereocenters. The molecule has 7 nitrogen and oxygen atoms in total. The maximum atomic E-state index is 10.8. The van der Waals surface area contributed by atoms with E-state index in [2.05, 4.69) is 32.7 Å². The summed E-state index contributed by atoms with van der Waals surface area (Å²) < 4.78 is 1.92. The molecular formula is C19H30N6O. The molecule has 0 bridgehead atoms. The van der Waals surface area contributed by atoms with Crippen molar-refractivity contribution in [2.24, 2.45) is 12.0 Å². The molecule has 0 aliphatic heterocycles. The van der Waals surface area contributed by atoms with E-state index in [-0.39, 0.29) is 0 Å². The van der Waals surface area contributed by atoms with E-state index in [0.717, 1.165) is 36.6 Å². The lowest BCUT2D eigenvalue weighted by atomic mass is 9.96. The van der Waals surface area contributed by atoms with Crippen LogP contribution in [-0.2, 0) is 19.2 Å². The molecule has 0 saturated carbocycles. The monoisotopic (exact) mass is 358 g/mol. The Morgan fingerprint density at radius 1 is 1.23 bits per heavy atom. The Kier molecular flexibility index (Phi) is 7.15. The van der Waals surface area contributed by atoms with E-state index in [1.165, 1.54) is 0 Å². The van der Waals surface area contributed by atoms with Gasteiger partial charge in [-0.05, 0) is 25.8 Å². The van der Waals surface area contributed by atoms with Gasteiger partial charge in [0.1, 0.15) is 18.0 Å². The van der Waals surface area contributed by atoms with Crippen molar-refractivity contribution in [1.29, 1.82) is 0 Å². The van der Waals surface area contributed by atoms with Crippen LogP contribution in [0.5, 0.6) is 0 Å². The van der Waals surface area contributed by atoms with Gasteiger partial charge in [-0.3, -0.25) is 0 Å². The number of rotatable bonds is 8. The first-order valence-electron chi connectivity index (χ1n) is 9.09. The van der Waals surface area contributed by atoms with Gasteiger partial charge in [0, 0.05) is 13.6 Å². The van der Waals surface area contributed by atoms with Crippen LogP contribution in [0, 0.1) is 6.92 Å². The zero-order valence-electron chi connectivity index (χ0n) is 16.2. The van der Waals surface area contributed by atoms with Crippen LogP contribution >= 0.6 is 0 Å². The van der Waals surface area contributed by atoms with Gasteiger partial charge in [0.15, 0.2) is 11.8 Å². The van der Waals surface area contributed by atoms with Crippen molar-refractivity contribution in [3.63, 3.8) is 0 Å². The summed E-state index contributed by atoms with van der Waals surface area (Å²) in [6.45, 7) is 7.46. The molecule has 0 fully saturated rings. The summed E-state index contributed by atoms with van der Waals surface area (Å²) in [4.78, 5) is 4.60. The maximum absolute atomic E-state index is 10.8. The van der Waals surface area contributed by atoms with E-state index >= 15 is 0 Å². The van der Waals surface area contributed by atoms with Crippen molar-refractivity contribution in [2.75, 3.05) is 13.1 Å². The van der Waals surface area contributed by atoms with Crippen LogP contribution in [0.4, 0.5) is 0 Å². The predicted octanol–water partition coefficient (Wildman–Crippen LogP) is 1.87. The number of hydrogen-bond donors (Lipinski definition) is 3. The van der Waals surface area contributed by atoms with Crippen LogP contribution in [-0.4, -0.2) is 38.9 Å². The lowest BCUT2D eigenvalue weighted by molar-refractivity contribution is 0.0617. The van der Waals surface area contributed by atoms with Crippen LogP contribution in [0.15, 0.2) is 35.3 Å². The van der Waals surface area contributed by atoms with Crippen molar-refractivity contribution in [1.82, 2.24) is 25.4 Å². The first kappa shape index (κ1) is 19.9. The molecule has 0 aliphatic rings. The van der Waals surface area contributed by atoms with E-state index in [1.807, 2.05) is 48.9 Å². The van der Waals surface area contributed by atoms with Crippen molar-refractivity contribution in [3.05, 3.63) is 47.5 Å². The fourth-order valence-electron chi connectivity index (χ4n) is 2.45. The summed E-state index contributed by atoms with van der Waals surface area (Å²) in [5, 5.41) is 25.5. The van der Waals surface area contributed by atoms with Crippen LogP contribution in [0.1, 0.15) is 43.9 Å².